The van der Waals surface area contributed by atoms with E-state index in [1.807, 2.05) is 24.3 Å². The van der Waals surface area contributed by atoms with Gasteiger partial charge in [-0.05, 0) is 92.7 Å². The first-order valence-corrected chi connectivity index (χ1v) is 13.2. The molecule has 0 heterocycles. The van der Waals surface area contributed by atoms with Crippen LogP contribution >= 0.6 is 0 Å². The van der Waals surface area contributed by atoms with Crippen LogP contribution in [0.4, 0.5) is 8.78 Å². The Morgan fingerprint density at radius 3 is 1.82 bits per heavy atom. The summed E-state index contributed by atoms with van der Waals surface area (Å²) >= 11 is 0. The third kappa shape index (κ3) is 6.16. The summed E-state index contributed by atoms with van der Waals surface area (Å²) in [4.78, 5) is 0. The van der Waals surface area contributed by atoms with Gasteiger partial charge in [-0.1, -0.05) is 80.4 Å². The van der Waals surface area contributed by atoms with E-state index in [4.69, 9.17) is 4.74 Å². The molecule has 1 atom stereocenters. The maximum atomic E-state index is 15.0. The van der Waals surface area contributed by atoms with Crippen molar-refractivity contribution >= 4 is 0 Å². The van der Waals surface area contributed by atoms with Crippen molar-refractivity contribution in [2.75, 3.05) is 0 Å². The van der Waals surface area contributed by atoms with E-state index < -0.39 is 12.2 Å². The van der Waals surface area contributed by atoms with Crippen LogP contribution in [0.25, 0.3) is 0 Å². The molecule has 2 aromatic carbocycles. The summed E-state index contributed by atoms with van der Waals surface area (Å²) in [7, 11) is 0. The van der Waals surface area contributed by atoms with E-state index in [9.17, 15) is 8.78 Å². The Balaban J connectivity index is 1.35. The van der Waals surface area contributed by atoms with Gasteiger partial charge in [0.1, 0.15) is 0 Å². The topological polar surface area (TPSA) is 9.23 Å². The van der Waals surface area contributed by atoms with Gasteiger partial charge in [-0.25, -0.2) is 0 Å². The van der Waals surface area contributed by atoms with Crippen LogP contribution < -0.4 is 0 Å². The maximum absolute atomic E-state index is 15.0. The second-order valence-corrected chi connectivity index (χ2v) is 10.7. The van der Waals surface area contributed by atoms with Crippen LogP contribution in [0.3, 0.4) is 0 Å². The maximum Gasteiger partial charge on any atom is 0.383 e. The first kappa shape index (κ1) is 25.1. The molecule has 4 rings (SSSR count). The summed E-state index contributed by atoms with van der Waals surface area (Å²) in [6.07, 6.45) is 9.99. The summed E-state index contributed by atoms with van der Waals surface area (Å²) in [6, 6.07) is 15.0. The lowest BCUT2D eigenvalue weighted by molar-refractivity contribution is -0.272. The average Bonchev–Trinajstić information content (AvgIpc) is 2.85. The number of halogens is 2. The number of hydrogen-bond acceptors (Lipinski definition) is 1. The summed E-state index contributed by atoms with van der Waals surface area (Å²) in [5, 5.41) is 0. The molecule has 0 N–H and O–H groups in total. The SMILES string of the molecule is C/C=C/C1CCC(c2ccc(C(F)(F)OC(C)c3ccc(C4CCC(C)CC4)cc3)cc2)CC1. The lowest BCUT2D eigenvalue weighted by Gasteiger charge is -2.28. The zero-order valence-corrected chi connectivity index (χ0v) is 21.0. The third-order valence-corrected chi connectivity index (χ3v) is 8.17. The molecule has 184 valence electrons. The molecule has 3 heteroatoms. The molecule has 1 nitrogen and oxygen atoms in total. The molecule has 2 saturated carbocycles. The van der Waals surface area contributed by atoms with Crippen LogP contribution in [0.15, 0.2) is 60.7 Å². The minimum Gasteiger partial charge on any atom is -0.309 e. The van der Waals surface area contributed by atoms with E-state index in [2.05, 4.69) is 38.1 Å². The van der Waals surface area contributed by atoms with Crippen LogP contribution in [-0.2, 0) is 10.8 Å². The summed E-state index contributed by atoms with van der Waals surface area (Å²) in [6.45, 7) is 6.10. The van der Waals surface area contributed by atoms with Gasteiger partial charge in [0.05, 0.1) is 11.7 Å². The van der Waals surface area contributed by atoms with Crippen LogP contribution in [-0.4, -0.2) is 0 Å². The van der Waals surface area contributed by atoms with E-state index in [-0.39, 0.29) is 5.56 Å². The molecule has 0 bridgehead atoms. The van der Waals surface area contributed by atoms with Gasteiger partial charge in [-0.2, -0.15) is 8.78 Å². The Bertz CT molecular complexity index is 915. The fraction of sp³-hybridized carbons (Fsp3) is 0.548. The minimum absolute atomic E-state index is 0.0707. The van der Waals surface area contributed by atoms with Gasteiger partial charge in [0.2, 0.25) is 0 Å². The van der Waals surface area contributed by atoms with Crippen LogP contribution in [0.5, 0.6) is 0 Å². The largest absolute Gasteiger partial charge is 0.383 e. The number of alkyl halides is 2. The van der Waals surface area contributed by atoms with Crippen molar-refractivity contribution in [1.82, 2.24) is 0 Å². The molecule has 34 heavy (non-hydrogen) atoms. The average molecular weight is 467 g/mol. The number of hydrogen-bond donors (Lipinski definition) is 0. The molecular formula is C31H40F2O. The number of ether oxygens (including phenoxy) is 1. The molecule has 2 aliphatic carbocycles. The highest BCUT2D eigenvalue weighted by atomic mass is 19.3. The smallest absolute Gasteiger partial charge is 0.309 e. The van der Waals surface area contributed by atoms with Crippen molar-refractivity contribution < 1.29 is 13.5 Å². The number of rotatable bonds is 7. The summed E-state index contributed by atoms with van der Waals surface area (Å²) < 4.78 is 35.3. The molecule has 0 spiro atoms. The summed E-state index contributed by atoms with van der Waals surface area (Å²) in [5.41, 5.74) is 3.21. The standard InChI is InChI=1S/C31H40F2O/c1-4-5-24-8-12-27(13-9-24)29-18-20-30(21-19-29)31(32,33)34-23(3)25-14-16-28(17-15-25)26-10-6-22(2)7-11-26/h4-5,14-24,26-27H,6-13H2,1-3H3/b5-4+. The minimum atomic E-state index is -3.32. The molecule has 2 aromatic rings. The van der Waals surface area contributed by atoms with Gasteiger partial charge in [-0.3, -0.25) is 0 Å². The van der Waals surface area contributed by atoms with Crippen LogP contribution in [0.1, 0.15) is 112 Å². The highest BCUT2D eigenvalue weighted by Gasteiger charge is 2.35. The van der Waals surface area contributed by atoms with Crippen molar-refractivity contribution in [2.24, 2.45) is 11.8 Å². The van der Waals surface area contributed by atoms with Crippen molar-refractivity contribution in [3.63, 3.8) is 0 Å². The fourth-order valence-corrected chi connectivity index (χ4v) is 5.86. The molecule has 2 fully saturated rings. The van der Waals surface area contributed by atoms with Gasteiger partial charge in [0.25, 0.3) is 0 Å². The van der Waals surface area contributed by atoms with E-state index in [1.165, 1.54) is 49.7 Å². The Labute approximate surface area is 204 Å². The summed E-state index contributed by atoms with van der Waals surface area (Å²) in [5.74, 6) is 2.55. The predicted octanol–water partition coefficient (Wildman–Crippen LogP) is 9.66. The highest BCUT2D eigenvalue weighted by molar-refractivity contribution is 5.29. The number of benzene rings is 2. The zero-order chi connectivity index (χ0) is 24.1. The molecular weight excluding hydrogens is 426 g/mol. The van der Waals surface area contributed by atoms with Crippen LogP contribution in [0.2, 0.25) is 0 Å². The van der Waals surface area contributed by atoms with Crippen molar-refractivity contribution in [1.29, 1.82) is 0 Å². The lowest BCUT2D eigenvalue weighted by atomic mass is 9.78. The lowest BCUT2D eigenvalue weighted by Crippen LogP contribution is -2.20. The fourth-order valence-electron chi connectivity index (χ4n) is 5.86. The van der Waals surface area contributed by atoms with Crippen molar-refractivity contribution in [3.8, 4) is 0 Å². The zero-order valence-electron chi connectivity index (χ0n) is 21.0. The molecule has 1 unspecified atom stereocenters. The van der Waals surface area contributed by atoms with Gasteiger partial charge in [0, 0.05) is 0 Å². The van der Waals surface area contributed by atoms with E-state index in [0.29, 0.717) is 17.8 Å². The van der Waals surface area contributed by atoms with Crippen LogP contribution in [0, 0.1) is 11.8 Å². The Morgan fingerprint density at radius 2 is 1.29 bits per heavy atom. The van der Waals surface area contributed by atoms with Gasteiger partial charge >= 0.3 is 6.11 Å². The monoisotopic (exact) mass is 466 g/mol. The molecule has 0 radical (unpaired) electrons. The molecule has 0 amide bonds. The third-order valence-electron chi connectivity index (χ3n) is 8.17. The Hall–Kier alpha value is -2.00. The van der Waals surface area contributed by atoms with E-state index in [0.717, 1.165) is 24.3 Å². The van der Waals surface area contributed by atoms with E-state index >= 15 is 0 Å². The van der Waals surface area contributed by atoms with Gasteiger partial charge in [0.15, 0.2) is 0 Å². The molecule has 0 saturated heterocycles. The van der Waals surface area contributed by atoms with Crippen molar-refractivity contribution in [2.45, 2.75) is 96.2 Å². The molecule has 0 aliphatic heterocycles. The Kier molecular flexibility index (Phi) is 8.24. The van der Waals surface area contributed by atoms with Gasteiger partial charge < -0.3 is 4.74 Å². The first-order valence-electron chi connectivity index (χ1n) is 13.2. The van der Waals surface area contributed by atoms with E-state index in [1.54, 1.807) is 19.1 Å². The second-order valence-electron chi connectivity index (χ2n) is 10.7. The van der Waals surface area contributed by atoms with Crippen molar-refractivity contribution in [3.05, 3.63) is 82.9 Å². The molecule has 2 aliphatic rings. The molecule has 0 aromatic heterocycles. The normalized spacial score (nSPS) is 27.1. The predicted molar refractivity (Wildman–Crippen MR) is 136 cm³/mol. The Morgan fingerprint density at radius 1 is 0.794 bits per heavy atom. The first-order chi connectivity index (χ1) is 16.4. The highest BCUT2D eigenvalue weighted by Crippen LogP contribution is 2.40. The van der Waals surface area contributed by atoms with Gasteiger partial charge in [-0.15, -0.1) is 0 Å². The number of allylic oxidation sites excluding steroid dienone is 2. The second kappa shape index (κ2) is 11.2. The quantitative estimate of drug-likeness (QED) is 0.369.